The van der Waals surface area contributed by atoms with Crippen LogP contribution in [0.5, 0.6) is 0 Å². The minimum absolute atomic E-state index is 0.106. The molecule has 30 heavy (non-hydrogen) atoms. The van der Waals surface area contributed by atoms with Crippen LogP contribution in [0.25, 0.3) is 0 Å². The summed E-state index contributed by atoms with van der Waals surface area (Å²) in [5, 5.41) is 21.9. The molecular formula is C19H20N6O3S2. The second-order valence-corrected chi connectivity index (χ2v) is 8.96. The second-order valence-electron chi connectivity index (χ2n) is 6.91. The van der Waals surface area contributed by atoms with E-state index in [4.69, 9.17) is 0 Å². The average Bonchev–Trinajstić information content (AvgIpc) is 3.40. The molecule has 2 aromatic heterocycles. The molecular weight excluding hydrogens is 424 g/mol. The number of nitro groups is 1. The number of thiophene rings is 1. The first kappa shape index (κ1) is 20.5. The average molecular weight is 445 g/mol. The van der Waals surface area contributed by atoms with Gasteiger partial charge in [0.25, 0.3) is 11.6 Å². The predicted octanol–water partition coefficient (Wildman–Crippen LogP) is 2.89. The number of benzene rings is 1. The van der Waals surface area contributed by atoms with Gasteiger partial charge in [0.1, 0.15) is 6.33 Å². The molecule has 0 bridgehead atoms. The molecule has 0 radical (unpaired) electrons. The van der Waals surface area contributed by atoms with Gasteiger partial charge in [0.15, 0.2) is 5.16 Å². The van der Waals surface area contributed by atoms with Crippen molar-refractivity contribution in [1.82, 2.24) is 24.6 Å². The summed E-state index contributed by atoms with van der Waals surface area (Å²) < 4.78 is 1.68. The fraction of sp³-hybridized carbons (Fsp3) is 0.316. The van der Waals surface area contributed by atoms with Gasteiger partial charge in [-0.25, -0.2) is 0 Å². The highest BCUT2D eigenvalue weighted by Crippen LogP contribution is 2.34. The molecule has 0 saturated carbocycles. The van der Waals surface area contributed by atoms with Crippen molar-refractivity contribution >= 4 is 34.7 Å². The molecule has 4 rings (SSSR count). The van der Waals surface area contributed by atoms with Crippen LogP contribution in [0, 0.1) is 10.1 Å². The molecule has 1 aliphatic heterocycles. The molecule has 0 spiro atoms. The molecule has 1 aromatic carbocycles. The van der Waals surface area contributed by atoms with Crippen molar-refractivity contribution in [2.75, 3.05) is 26.2 Å². The monoisotopic (exact) mass is 444 g/mol. The Bertz CT molecular complexity index is 1040. The third-order valence-electron chi connectivity index (χ3n) is 4.89. The molecule has 156 valence electrons. The van der Waals surface area contributed by atoms with Gasteiger partial charge in [0.2, 0.25) is 0 Å². The molecule has 3 aromatic rings. The zero-order valence-electron chi connectivity index (χ0n) is 16.3. The smallest absolute Gasteiger partial charge is 0.284 e. The molecule has 1 aliphatic rings. The Morgan fingerprint density at radius 3 is 2.70 bits per heavy atom. The molecule has 0 unspecified atom stereocenters. The van der Waals surface area contributed by atoms with Crippen molar-refractivity contribution in [2.45, 2.75) is 16.6 Å². The maximum absolute atomic E-state index is 12.9. The van der Waals surface area contributed by atoms with Gasteiger partial charge in [-0.1, -0.05) is 6.07 Å². The lowest BCUT2D eigenvalue weighted by Crippen LogP contribution is -2.48. The Labute approximate surface area is 181 Å². The second kappa shape index (κ2) is 8.94. The summed E-state index contributed by atoms with van der Waals surface area (Å²) in [7, 11) is 1.77. The van der Waals surface area contributed by atoms with E-state index >= 15 is 0 Å². The van der Waals surface area contributed by atoms with Gasteiger partial charge in [0, 0.05) is 56.3 Å². The molecule has 1 fully saturated rings. The van der Waals surface area contributed by atoms with Crippen LogP contribution in [0.2, 0.25) is 0 Å². The van der Waals surface area contributed by atoms with Crippen molar-refractivity contribution in [3.63, 3.8) is 0 Å². The number of aryl methyl sites for hydroxylation is 1. The number of carbonyl (C=O) groups is 1. The maximum Gasteiger partial charge on any atom is 0.284 e. The number of nitro benzene ring substituents is 1. The Morgan fingerprint density at radius 1 is 1.27 bits per heavy atom. The van der Waals surface area contributed by atoms with Crippen LogP contribution in [-0.2, 0) is 13.6 Å². The summed E-state index contributed by atoms with van der Waals surface area (Å²) in [4.78, 5) is 29.9. The first-order chi connectivity index (χ1) is 14.5. The third-order valence-corrected chi connectivity index (χ3v) is 6.87. The third kappa shape index (κ3) is 4.53. The molecule has 0 atom stereocenters. The van der Waals surface area contributed by atoms with E-state index in [1.807, 2.05) is 6.07 Å². The minimum atomic E-state index is -0.464. The number of hydrogen-bond donors (Lipinski definition) is 0. The summed E-state index contributed by atoms with van der Waals surface area (Å²) in [6.45, 7) is 3.66. The molecule has 11 heteroatoms. The minimum Gasteiger partial charge on any atom is -0.336 e. The number of carbonyl (C=O) groups excluding carboxylic acids is 1. The zero-order valence-corrected chi connectivity index (χ0v) is 17.9. The molecule has 0 aliphatic carbocycles. The van der Waals surface area contributed by atoms with Crippen molar-refractivity contribution in [1.29, 1.82) is 0 Å². The summed E-state index contributed by atoms with van der Waals surface area (Å²) >= 11 is 2.88. The van der Waals surface area contributed by atoms with Crippen molar-refractivity contribution in [3.05, 3.63) is 62.6 Å². The number of aromatic nitrogens is 3. The number of hydrogen-bond acceptors (Lipinski definition) is 8. The summed E-state index contributed by atoms with van der Waals surface area (Å²) in [5.41, 5.74) is 0.223. The largest absolute Gasteiger partial charge is 0.336 e. The van der Waals surface area contributed by atoms with Crippen molar-refractivity contribution in [3.8, 4) is 0 Å². The Kier molecular flexibility index (Phi) is 6.11. The van der Waals surface area contributed by atoms with E-state index in [2.05, 4.69) is 26.5 Å². The topological polar surface area (TPSA) is 97.4 Å². The highest BCUT2D eigenvalue weighted by molar-refractivity contribution is 7.99. The molecule has 1 amide bonds. The summed E-state index contributed by atoms with van der Waals surface area (Å²) in [6.07, 6.45) is 1.53. The van der Waals surface area contributed by atoms with Gasteiger partial charge in [-0.15, -0.1) is 21.5 Å². The van der Waals surface area contributed by atoms with Gasteiger partial charge in [-0.3, -0.25) is 19.8 Å². The SMILES string of the molecule is Cn1cnnc1Sc1ccc(C(=O)N2CCN(Cc3cccs3)CC2)cc1[N+](=O)[O-]. The van der Waals surface area contributed by atoms with Gasteiger partial charge in [-0.05, 0) is 35.3 Å². The first-order valence-corrected chi connectivity index (χ1v) is 11.0. The molecule has 0 N–H and O–H groups in total. The fourth-order valence-electron chi connectivity index (χ4n) is 3.26. The Morgan fingerprint density at radius 2 is 2.07 bits per heavy atom. The molecule has 1 saturated heterocycles. The van der Waals surface area contributed by atoms with Crippen LogP contribution in [0.4, 0.5) is 5.69 Å². The Hall–Kier alpha value is -2.76. The van der Waals surface area contributed by atoms with Crippen LogP contribution < -0.4 is 0 Å². The van der Waals surface area contributed by atoms with Gasteiger partial charge in [0.05, 0.1) is 9.82 Å². The molecule has 3 heterocycles. The summed E-state index contributed by atoms with van der Waals surface area (Å²) in [5.74, 6) is -0.177. The van der Waals surface area contributed by atoms with E-state index in [-0.39, 0.29) is 11.6 Å². The van der Waals surface area contributed by atoms with Gasteiger partial charge in [-0.2, -0.15) is 0 Å². The standard InChI is InChI=1S/C19H20N6O3S2/c1-22-13-20-21-19(22)30-17-5-4-14(11-16(17)25(27)28)18(26)24-8-6-23(7-9-24)12-15-3-2-10-29-15/h2-5,10-11,13H,6-9,12H2,1H3. The van der Waals surface area contributed by atoms with E-state index in [9.17, 15) is 14.9 Å². The first-order valence-electron chi connectivity index (χ1n) is 9.35. The number of rotatable bonds is 6. The lowest BCUT2D eigenvalue weighted by Gasteiger charge is -2.34. The Balaban J connectivity index is 1.44. The van der Waals surface area contributed by atoms with Crippen molar-refractivity contribution < 1.29 is 9.72 Å². The highest BCUT2D eigenvalue weighted by Gasteiger charge is 2.25. The predicted molar refractivity (Wildman–Crippen MR) is 114 cm³/mol. The van der Waals surface area contributed by atoms with Crippen LogP contribution in [0.1, 0.15) is 15.2 Å². The lowest BCUT2D eigenvalue weighted by molar-refractivity contribution is -0.387. The lowest BCUT2D eigenvalue weighted by atomic mass is 10.1. The van der Waals surface area contributed by atoms with E-state index < -0.39 is 4.92 Å². The van der Waals surface area contributed by atoms with Gasteiger partial charge >= 0.3 is 0 Å². The maximum atomic E-state index is 12.9. The van der Waals surface area contributed by atoms with E-state index in [0.29, 0.717) is 28.7 Å². The highest BCUT2D eigenvalue weighted by atomic mass is 32.2. The van der Waals surface area contributed by atoms with E-state index in [0.717, 1.165) is 31.4 Å². The normalized spacial score (nSPS) is 14.8. The van der Waals surface area contributed by atoms with E-state index in [1.165, 1.54) is 17.3 Å². The van der Waals surface area contributed by atoms with Gasteiger partial charge < -0.3 is 9.47 Å². The fourth-order valence-corrected chi connectivity index (χ4v) is 4.85. The van der Waals surface area contributed by atoms with E-state index in [1.54, 1.807) is 40.0 Å². The summed E-state index contributed by atoms with van der Waals surface area (Å²) in [6, 6.07) is 8.77. The zero-order chi connectivity index (χ0) is 21.1. The number of nitrogens with zero attached hydrogens (tertiary/aromatic N) is 6. The van der Waals surface area contributed by atoms with Crippen LogP contribution in [-0.4, -0.2) is 61.6 Å². The number of amides is 1. The molecule has 9 nitrogen and oxygen atoms in total. The van der Waals surface area contributed by atoms with Crippen LogP contribution in [0.3, 0.4) is 0 Å². The van der Waals surface area contributed by atoms with Crippen LogP contribution in [0.15, 0.2) is 52.1 Å². The number of piperazine rings is 1. The van der Waals surface area contributed by atoms with Crippen LogP contribution >= 0.6 is 23.1 Å². The quantitative estimate of drug-likeness (QED) is 0.426. The van der Waals surface area contributed by atoms with Crippen molar-refractivity contribution in [2.24, 2.45) is 7.05 Å².